The molecule has 5 heteroatoms. The first-order chi connectivity index (χ1) is 9.13. The Bertz CT molecular complexity index is 593. The van der Waals surface area contributed by atoms with Gasteiger partial charge in [-0.05, 0) is 25.0 Å². The topological polar surface area (TPSA) is 66.3 Å². The number of hydrogen-bond donors (Lipinski definition) is 1. The molecule has 0 aliphatic heterocycles. The summed E-state index contributed by atoms with van der Waals surface area (Å²) in [5.41, 5.74) is 1.90. The van der Waals surface area contributed by atoms with Crippen molar-refractivity contribution in [3.05, 3.63) is 30.1 Å². The highest BCUT2D eigenvalue weighted by Crippen LogP contribution is 2.26. The lowest BCUT2D eigenvalue weighted by Gasteiger charge is -2.22. The van der Waals surface area contributed by atoms with Gasteiger partial charge in [-0.15, -0.1) is 0 Å². The van der Waals surface area contributed by atoms with E-state index in [9.17, 15) is 4.79 Å². The third kappa shape index (κ3) is 2.81. The highest BCUT2D eigenvalue weighted by Gasteiger charge is 2.15. The zero-order valence-electron chi connectivity index (χ0n) is 11.1. The summed E-state index contributed by atoms with van der Waals surface area (Å²) in [6.07, 6.45) is 2.35. The normalized spacial score (nSPS) is 10.6. The molecule has 1 aromatic heterocycles. The molecule has 2 rings (SSSR count). The first-order valence-electron chi connectivity index (χ1n) is 6.30. The van der Waals surface area contributed by atoms with Crippen molar-refractivity contribution in [2.24, 2.45) is 0 Å². The Kier molecular flexibility index (Phi) is 3.94. The lowest BCUT2D eigenvalue weighted by atomic mass is 10.1. The number of aromatic nitrogens is 2. The number of aryl methyl sites for hydroxylation is 1. The van der Waals surface area contributed by atoms with E-state index in [0.29, 0.717) is 12.4 Å². The minimum Gasteiger partial charge on any atom is -0.480 e. The van der Waals surface area contributed by atoms with Crippen LogP contribution in [0.3, 0.4) is 0 Å². The third-order valence-corrected chi connectivity index (χ3v) is 2.97. The Morgan fingerprint density at radius 1 is 1.37 bits per heavy atom. The summed E-state index contributed by atoms with van der Waals surface area (Å²) >= 11 is 0. The number of carboxylic acid groups (broad SMARTS) is 1. The standard InChI is InChI=1S/C14H17N3O2/c1-3-7-17(8-12(18)19)14-13-10(2)5-4-6-11(13)15-9-16-14/h4-6,9H,3,7-8H2,1-2H3,(H,18,19). The number of rotatable bonds is 5. The summed E-state index contributed by atoms with van der Waals surface area (Å²) in [4.78, 5) is 21.3. The number of carboxylic acids is 1. The van der Waals surface area contributed by atoms with E-state index >= 15 is 0 Å². The first kappa shape index (κ1) is 13.3. The molecule has 0 atom stereocenters. The van der Waals surface area contributed by atoms with E-state index in [1.165, 1.54) is 6.33 Å². The van der Waals surface area contributed by atoms with Gasteiger partial charge >= 0.3 is 5.97 Å². The van der Waals surface area contributed by atoms with E-state index in [2.05, 4.69) is 9.97 Å². The fourth-order valence-corrected chi connectivity index (χ4v) is 2.19. The van der Waals surface area contributed by atoms with Crippen LogP contribution in [0.25, 0.3) is 10.9 Å². The maximum atomic E-state index is 11.0. The SMILES string of the molecule is CCCN(CC(=O)O)c1ncnc2cccc(C)c12. The van der Waals surface area contributed by atoms with Crippen LogP contribution in [-0.2, 0) is 4.79 Å². The number of carbonyl (C=O) groups is 1. The molecule has 0 spiro atoms. The smallest absolute Gasteiger partial charge is 0.323 e. The van der Waals surface area contributed by atoms with Crippen molar-refractivity contribution in [1.82, 2.24) is 9.97 Å². The molecule has 0 aliphatic rings. The van der Waals surface area contributed by atoms with Crippen molar-refractivity contribution in [3.63, 3.8) is 0 Å². The molecule has 0 aliphatic carbocycles. The quantitative estimate of drug-likeness (QED) is 0.892. The van der Waals surface area contributed by atoms with E-state index in [1.54, 1.807) is 4.90 Å². The van der Waals surface area contributed by atoms with Gasteiger partial charge < -0.3 is 10.0 Å². The molecular formula is C14H17N3O2. The Morgan fingerprint density at radius 2 is 2.16 bits per heavy atom. The number of anilines is 1. The lowest BCUT2D eigenvalue weighted by molar-refractivity contribution is -0.135. The Labute approximate surface area is 111 Å². The fraction of sp³-hybridized carbons (Fsp3) is 0.357. The van der Waals surface area contributed by atoms with Crippen LogP contribution in [0.2, 0.25) is 0 Å². The van der Waals surface area contributed by atoms with Gasteiger partial charge in [-0.2, -0.15) is 0 Å². The molecule has 0 saturated carbocycles. The molecule has 0 unspecified atom stereocenters. The van der Waals surface area contributed by atoms with Crippen molar-refractivity contribution in [2.45, 2.75) is 20.3 Å². The van der Waals surface area contributed by atoms with Gasteiger partial charge in [0.1, 0.15) is 18.7 Å². The van der Waals surface area contributed by atoms with Crippen LogP contribution in [-0.4, -0.2) is 34.1 Å². The van der Waals surface area contributed by atoms with Gasteiger partial charge in [0.2, 0.25) is 0 Å². The molecule has 19 heavy (non-hydrogen) atoms. The summed E-state index contributed by atoms with van der Waals surface area (Å²) < 4.78 is 0. The molecule has 1 N–H and O–H groups in total. The largest absolute Gasteiger partial charge is 0.480 e. The Morgan fingerprint density at radius 3 is 2.84 bits per heavy atom. The van der Waals surface area contributed by atoms with Crippen molar-refractivity contribution in [3.8, 4) is 0 Å². The van der Waals surface area contributed by atoms with Gasteiger partial charge in [0.25, 0.3) is 0 Å². The summed E-state index contributed by atoms with van der Waals surface area (Å²) in [7, 11) is 0. The molecule has 1 aromatic carbocycles. The summed E-state index contributed by atoms with van der Waals surface area (Å²) in [6, 6.07) is 5.84. The molecule has 0 amide bonds. The molecule has 0 radical (unpaired) electrons. The van der Waals surface area contributed by atoms with E-state index in [0.717, 1.165) is 22.9 Å². The molecular weight excluding hydrogens is 242 g/mol. The average Bonchev–Trinajstić information content (AvgIpc) is 2.37. The second kappa shape index (κ2) is 5.65. The monoisotopic (exact) mass is 259 g/mol. The summed E-state index contributed by atoms with van der Waals surface area (Å²) in [6.45, 7) is 4.62. The number of aliphatic carboxylic acids is 1. The van der Waals surface area contributed by atoms with Gasteiger partial charge in [0.15, 0.2) is 0 Å². The van der Waals surface area contributed by atoms with Crippen LogP contribution in [0.15, 0.2) is 24.5 Å². The molecule has 5 nitrogen and oxygen atoms in total. The van der Waals surface area contributed by atoms with E-state index < -0.39 is 5.97 Å². The van der Waals surface area contributed by atoms with Gasteiger partial charge in [0, 0.05) is 11.9 Å². The first-order valence-corrected chi connectivity index (χ1v) is 6.30. The summed E-state index contributed by atoms with van der Waals surface area (Å²) in [5, 5.41) is 9.96. The highest BCUT2D eigenvalue weighted by atomic mass is 16.4. The second-order valence-electron chi connectivity index (χ2n) is 4.48. The van der Waals surface area contributed by atoms with Crippen LogP contribution in [0, 0.1) is 6.92 Å². The number of nitrogens with zero attached hydrogens (tertiary/aromatic N) is 3. The molecule has 0 saturated heterocycles. The van der Waals surface area contributed by atoms with Crippen molar-refractivity contribution >= 4 is 22.7 Å². The van der Waals surface area contributed by atoms with Crippen molar-refractivity contribution in [2.75, 3.05) is 18.0 Å². The fourth-order valence-electron chi connectivity index (χ4n) is 2.19. The van der Waals surface area contributed by atoms with Crippen LogP contribution >= 0.6 is 0 Å². The Balaban J connectivity index is 2.55. The predicted octanol–water partition coefficient (Wildman–Crippen LogP) is 2.24. The van der Waals surface area contributed by atoms with Crippen molar-refractivity contribution < 1.29 is 9.90 Å². The third-order valence-electron chi connectivity index (χ3n) is 2.97. The van der Waals surface area contributed by atoms with Crippen LogP contribution in [0.1, 0.15) is 18.9 Å². The predicted molar refractivity (Wildman–Crippen MR) is 74.4 cm³/mol. The second-order valence-corrected chi connectivity index (χ2v) is 4.48. The van der Waals surface area contributed by atoms with Crippen LogP contribution < -0.4 is 4.90 Å². The van der Waals surface area contributed by atoms with E-state index in [-0.39, 0.29) is 6.54 Å². The van der Waals surface area contributed by atoms with Crippen molar-refractivity contribution in [1.29, 1.82) is 0 Å². The highest BCUT2D eigenvalue weighted by molar-refractivity contribution is 5.93. The molecule has 0 fully saturated rings. The molecule has 2 aromatic rings. The van der Waals surface area contributed by atoms with E-state index in [4.69, 9.17) is 5.11 Å². The van der Waals surface area contributed by atoms with Gasteiger partial charge in [-0.1, -0.05) is 19.1 Å². The van der Waals surface area contributed by atoms with E-state index in [1.807, 2.05) is 32.0 Å². The minimum absolute atomic E-state index is 0.0473. The Hall–Kier alpha value is -2.17. The average molecular weight is 259 g/mol. The molecule has 0 bridgehead atoms. The van der Waals surface area contributed by atoms with Gasteiger partial charge in [-0.3, -0.25) is 4.79 Å². The molecule has 100 valence electrons. The number of fused-ring (bicyclic) bond motifs is 1. The summed E-state index contributed by atoms with van der Waals surface area (Å²) in [5.74, 6) is -0.152. The van der Waals surface area contributed by atoms with Crippen LogP contribution in [0.4, 0.5) is 5.82 Å². The maximum Gasteiger partial charge on any atom is 0.323 e. The van der Waals surface area contributed by atoms with Gasteiger partial charge in [-0.25, -0.2) is 9.97 Å². The lowest BCUT2D eigenvalue weighted by Crippen LogP contribution is -2.31. The maximum absolute atomic E-state index is 11.0. The van der Waals surface area contributed by atoms with Gasteiger partial charge in [0.05, 0.1) is 5.52 Å². The zero-order chi connectivity index (χ0) is 13.8. The van der Waals surface area contributed by atoms with Crippen LogP contribution in [0.5, 0.6) is 0 Å². The molecule has 1 heterocycles. The number of hydrogen-bond acceptors (Lipinski definition) is 4. The minimum atomic E-state index is -0.853. The number of benzene rings is 1. The zero-order valence-corrected chi connectivity index (χ0v) is 11.1.